The molecule has 0 aliphatic rings. The van der Waals surface area contributed by atoms with Gasteiger partial charge in [0.05, 0.1) is 12.1 Å². The van der Waals surface area contributed by atoms with Gasteiger partial charge in [0, 0.05) is 0 Å². The second-order valence-corrected chi connectivity index (χ2v) is 3.91. The molecule has 0 saturated carbocycles. The molecule has 16 heavy (non-hydrogen) atoms. The van der Waals surface area contributed by atoms with E-state index in [0.717, 1.165) is 0 Å². The number of aromatic nitrogens is 1. The lowest BCUT2D eigenvalue weighted by Crippen LogP contribution is -2.38. The fraction of sp³-hybridized carbons (Fsp3) is 0.455. The number of aliphatic hydroxyl groups excluding tert-OH is 1. The molecule has 3 N–H and O–H groups in total. The quantitative estimate of drug-likeness (QED) is 0.703. The molecule has 1 heterocycles. The molecule has 0 aromatic carbocycles. The van der Waals surface area contributed by atoms with Crippen molar-refractivity contribution in [2.45, 2.75) is 25.8 Å². The predicted octanol–water partition coefficient (Wildman–Crippen LogP) is 1.35. The minimum Gasteiger partial charge on any atom is -0.477 e. The number of nitrogens with zero attached hydrogens (tertiary/aromatic N) is 1. The van der Waals surface area contributed by atoms with Crippen LogP contribution in [0.5, 0.6) is 0 Å². The summed E-state index contributed by atoms with van der Waals surface area (Å²) in [4.78, 5) is 14.6. The van der Waals surface area contributed by atoms with Crippen molar-refractivity contribution in [1.29, 1.82) is 0 Å². The van der Waals surface area contributed by atoms with Crippen LogP contribution in [-0.4, -0.2) is 33.3 Å². The number of aliphatic hydroxyl groups is 1. The van der Waals surface area contributed by atoms with E-state index < -0.39 is 11.5 Å². The van der Waals surface area contributed by atoms with Gasteiger partial charge < -0.3 is 15.5 Å². The number of carboxylic acids is 1. The normalized spacial score (nSPS) is 14.2. The second-order valence-electron chi connectivity index (χ2n) is 3.91. The summed E-state index contributed by atoms with van der Waals surface area (Å²) < 4.78 is 0. The Morgan fingerprint density at radius 1 is 1.56 bits per heavy atom. The second kappa shape index (κ2) is 4.94. The van der Waals surface area contributed by atoms with E-state index in [4.69, 9.17) is 5.11 Å². The zero-order valence-electron chi connectivity index (χ0n) is 9.40. The smallest absolute Gasteiger partial charge is 0.354 e. The third kappa shape index (κ3) is 2.93. The number of anilines is 1. The Morgan fingerprint density at radius 3 is 2.75 bits per heavy atom. The molecule has 0 bridgehead atoms. The third-order valence-corrected chi connectivity index (χ3v) is 2.53. The van der Waals surface area contributed by atoms with Gasteiger partial charge in [-0.15, -0.1) is 0 Å². The Kier molecular flexibility index (Phi) is 3.84. The molecule has 5 heteroatoms. The lowest BCUT2D eigenvalue weighted by atomic mass is 10.0. The lowest BCUT2D eigenvalue weighted by Gasteiger charge is -2.27. The van der Waals surface area contributed by atoms with Crippen LogP contribution >= 0.6 is 0 Å². The van der Waals surface area contributed by atoms with E-state index in [1.165, 1.54) is 6.07 Å². The molecule has 1 aromatic rings. The first kappa shape index (κ1) is 12.4. The summed E-state index contributed by atoms with van der Waals surface area (Å²) in [6.45, 7) is 3.74. The molecule has 5 nitrogen and oxygen atoms in total. The standard InChI is InChI=1S/C11H16N2O3/c1-3-11(2,7-14)13-9-6-4-5-8(12-9)10(15)16/h4-6,14H,3,7H2,1-2H3,(H,12,13)(H,15,16). The van der Waals surface area contributed by atoms with Crippen molar-refractivity contribution in [2.75, 3.05) is 11.9 Å². The first-order valence-electron chi connectivity index (χ1n) is 5.10. The maximum Gasteiger partial charge on any atom is 0.354 e. The molecule has 0 fully saturated rings. The minimum absolute atomic E-state index is 0.0126. The average molecular weight is 224 g/mol. The van der Waals surface area contributed by atoms with E-state index in [2.05, 4.69) is 10.3 Å². The molecular formula is C11H16N2O3. The Bertz CT molecular complexity index is 375. The summed E-state index contributed by atoms with van der Waals surface area (Å²) in [5.41, 5.74) is -0.495. The van der Waals surface area contributed by atoms with Gasteiger partial charge >= 0.3 is 5.97 Å². The van der Waals surface area contributed by atoms with Gasteiger partial charge in [0.25, 0.3) is 0 Å². The summed E-state index contributed by atoms with van der Waals surface area (Å²) in [6.07, 6.45) is 0.711. The van der Waals surface area contributed by atoms with Crippen LogP contribution in [0.15, 0.2) is 18.2 Å². The maximum atomic E-state index is 10.7. The van der Waals surface area contributed by atoms with Crippen LogP contribution in [0.25, 0.3) is 0 Å². The van der Waals surface area contributed by atoms with Gasteiger partial charge in [0.15, 0.2) is 5.69 Å². The van der Waals surface area contributed by atoms with Crippen molar-refractivity contribution in [2.24, 2.45) is 0 Å². The van der Waals surface area contributed by atoms with E-state index >= 15 is 0 Å². The molecule has 0 radical (unpaired) electrons. The highest BCUT2D eigenvalue weighted by Crippen LogP contribution is 2.16. The van der Waals surface area contributed by atoms with Gasteiger partial charge in [0.2, 0.25) is 0 Å². The van der Waals surface area contributed by atoms with Crippen LogP contribution in [0, 0.1) is 0 Å². The summed E-state index contributed by atoms with van der Waals surface area (Å²) >= 11 is 0. The Labute approximate surface area is 94.1 Å². The first-order chi connectivity index (χ1) is 7.50. The molecule has 1 unspecified atom stereocenters. The average Bonchev–Trinajstić information content (AvgIpc) is 2.29. The van der Waals surface area contributed by atoms with Gasteiger partial charge in [-0.1, -0.05) is 13.0 Å². The SMILES string of the molecule is CCC(C)(CO)Nc1cccc(C(=O)O)n1. The van der Waals surface area contributed by atoms with Crippen LogP contribution in [0.4, 0.5) is 5.82 Å². The summed E-state index contributed by atoms with van der Waals surface area (Å²) in [5, 5.41) is 21.0. The van der Waals surface area contributed by atoms with E-state index in [1.54, 1.807) is 12.1 Å². The summed E-state index contributed by atoms with van der Waals surface area (Å²) in [7, 11) is 0. The van der Waals surface area contributed by atoms with Crippen LogP contribution in [-0.2, 0) is 0 Å². The number of hydrogen-bond donors (Lipinski definition) is 3. The van der Waals surface area contributed by atoms with Crippen molar-refractivity contribution in [3.05, 3.63) is 23.9 Å². The molecule has 1 atom stereocenters. The Hall–Kier alpha value is -1.62. The molecule has 88 valence electrons. The maximum absolute atomic E-state index is 10.7. The van der Waals surface area contributed by atoms with E-state index in [-0.39, 0.29) is 12.3 Å². The van der Waals surface area contributed by atoms with Gasteiger partial charge in [-0.3, -0.25) is 0 Å². The van der Waals surface area contributed by atoms with Crippen molar-refractivity contribution >= 4 is 11.8 Å². The fourth-order valence-corrected chi connectivity index (χ4v) is 1.17. The summed E-state index contributed by atoms with van der Waals surface area (Å²) in [5.74, 6) is -0.607. The number of nitrogens with one attached hydrogen (secondary N) is 1. The lowest BCUT2D eigenvalue weighted by molar-refractivity contribution is 0.0690. The topological polar surface area (TPSA) is 82.5 Å². The van der Waals surface area contributed by atoms with Crippen LogP contribution < -0.4 is 5.32 Å². The molecule has 0 spiro atoms. The molecule has 0 aliphatic heterocycles. The zero-order chi connectivity index (χ0) is 12.2. The molecule has 0 amide bonds. The number of hydrogen-bond acceptors (Lipinski definition) is 4. The van der Waals surface area contributed by atoms with Crippen LogP contribution in [0.3, 0.4) is 0 Å². The van der Waals surface area contributed by atoms with Crippen molar-refractivity contribution in [3.8, 4) is 0 Å². The number of carbonyl (C=O) groups is 1. The van der Waals surface area contributed by atoms with E-state index in [9.17, 15) is 9.90 Å². The van der Waals surface area contributed by atoms with Crippen molar-refractivity contribution in [1.82, 2.24) is 4.98 Å². The highest BCUT2D eigenvalue weighted by atomic mass is 16.4. The van der Waals surface area contributed by atoms with Crippen LogP contribution in [0.1, 0.15) is 30.8 Å². The van der Waals surface area contributed by atoms with Gasteiger partial charge in [-0.2, -0.15) is 0 Å². The van der Waals surface area contributed by atoms with E-state index in [0.29, 0.717) is 12.2 Å². The van der Waals surface area contributed by atoms with Gasteiger partial charge in [-0.05, 0) is 25.5 Å². The van der Waals surface area contributed by atoms with Crippen molar-refractivity contribution in [3.63, 3.8) is 0 Å². The molecule has 1 aromatic heterocycles. The molecular weight excluding hydrogens is 208 g/mol. The number of carboxylic acid groups (broad SMARTS) is 1. The number of aromatic carboxylic acids is 1. The molecule has 0 aliphatic carbocycles. The van der Waals surface area contributed by atoms with Gasteiger partial charge in [-0.25, -0.2) is 9.78 Å². The highest BCUT2D eigenvalue weighted by molar-refractivity contribution is 5.85. The predicted molar refractivity (Wildman–Crippen MR) is 60.6 cm³/mol. The number of rotatable bonds is 5. The summed E-state index contributed by atoms with van der Waals surface area (Å²) in [6, 6.07) is 4.72. The number of pyridine rings is 1. The van der Waals surface area contributed by atoms with Gasteiger partial charge in [0.1, 0.15) is 5.82 Å². The Balaban J connectivity index is 2.89. The highest BCUT2D eigenvalue weighted by Gasteiger charge is 2.21. The third-order valence-electron chi connectivity index (χ3n) is 2.53. The zero-order valence-corrected chi connectivity index (χ0v) is 9.40. The first-order valence-corrected chi connectivity index (χ1v) is 5.10. The van der Waals surface area contributed by atoms with Crippen molar-refractivity contribution < 1.29 is 15.0 Å². The monoisotopic (exact) mass is 224 g/mol. The fourth-order valence-electron chi connectivity index (χ4n) is 1.17. The molecule has 0 saturated heterocycles. The largest absolute Gasteiger partial charge is 0.477 e. The van der Waals surface area contributed by atoms with E-state index in [1.807, 2.05) is 13.8 Å². The Morgan fingerprint density at radius 2 is 2.25 bits per heavy atom. The van der Waals surface area contributed by atoms with Crippen LogP contribution in [0.2, 0.25) is 0 Å². The minimum atomic E-state index is -1.06. The molecule has 1 rings (SSSR count).